The molecule has 1 saturated carbocycles. The lowest BCUT2D eigenvalue weighted by Crippen LogP contribution is -2.22. The van der Waals surface area contributed by atoms with Crippen LogP contribution < -0.4 is 10.1 Å². The van der Waals surface area contributed by atoms with Crippen molar-refractivity contribution < 1.29 is 9.53 Å². The number of carbonyl (C=O) groups is 1. The van der Waals surface area contributed by atoms with Gasteiger partial charge >= 0.3 is 0 Å². The number of para-hydroxylation sites is 1. The van der Waals surface area contributed by atoms with Crippen LogP contribution in [0, 0.1) is 6.92 Å². The molecule has 4 rings (SSSR count). The number of hydrogen-bond donors (Lipinski definition) is 1. The Morgan fingerprint density at radius 2 is 1.79 bits per heavy atom. The number of hydrogen-bond acceptors (Lipinski definition) is 5. The van der Waals surface area contributed by atoms with Crippen molar-refractivity contribution in [2.45, 2.75) is 43.1 Å². The average Bonchev–Trinajstić information content (AvgIpc) is 3.47. The van der Waals surface area contributed by atoms with E-state index in [1.807, 2.05) is 68.4 Å². The van der Waals surface area contributed by atoms with E-state index in [1.165, 1.54) is 11.8 Å². The fraction of sp³-hybridized carbons (Fsp3) is 0.286. The van der Waals surface area contributed by atoms with Gasteiger partial charge in [-0.2, -0.15) is 0 Å². The second-order valence-electron chi connectivity index (χ2n) is 6.82. The third-order valence-electron chi connectivity index (χ3n) is 4.50. The van der Waals surface area contributed by atoms with Crippen molar-refractivity contribution in [3.8, 4) is 11.5 Å². The Labute approximate surface area is 168 Å². The van der Waals surface area contributed by atoms with Crippen LogP contribution in [0.2, 0.25) is 0 Å². The highest BCUT2D eigenvalue weighted by molar-refractivity contribution is 8.00. The van der Waals surface area contributed by atoms with Crippen molar-refractivity contribution in [1.82, 2.24) is 14.8 Å². The quantitative estimate of drug-likeness (QED) is 0.581. The Balaban J connectivity index is 1.35. The van der Waals surface area contributed by atoms with Crippen LogP contribution in [0.15, 0.2) is 59.8 Å². The number of rotatable bonds is 7. The van der Waals surface area contributed by atoms with E-state index in [1.54, 1.807) is 0 Å². The topological polar surface area (TPSA) is 69.0 Å². The number of aromatic nitrogens is 3. The zero-order chi connectivity index (χ0) is 19.5. The minimum absolute atomic E-state index is 0.0651. The van der Waals surface area contributed by atoms with Gasteiger partial charge in [-0.25, -0.2) is 0 Å². The molecule has 0 aliphatic heterocycles. The lowest BCUT2D eigenvalue weighted by Gasteiger charge is -2.13. The number of ether oxygens (including phenoxy) is 1. The highest BCUT2D eigenvalue weighted by Crippen LogP contribution is 2.39. The molecule has 0 radical (unpaired) electrons. The normalized spacial score (nSPS) is 14.5. The summed E-state index contributed by atoms with van der Waals surface area (Å²) in [5.74, 6) is 2.34. The zero-order valence-corrected chi connectivity index (χ0v) is 16.6. The summed E-state index contributed by atoms with van der Waals surface area (Å²) < 4.78 is 7.92. The van der Waals surface area contributed by atoms with Crippen molar-refractivity contribution in [2.24, 2.45) is 0 Å². The van der Waals surface area contributed by atoms with Crippen LogP contribution in [0.1, 0.15) is 31.6 Å². The predicted octanol–water partition coefficient (Wildman–Crippen LogP) is 4.83. The lowest BCUT2D eigenvalue weighted by molar-refractivity contribution is -0.115. The molecule has 3 aromatic rings. The monoisotopic (exact) mass is 394 g/mol. The Morgan fingerprint density at radius 3 is 2.46 bits per heavy atom. The van der Waals surface area contributed by atoms with E-state index in [4.69, 9.17) is 4.74 Å². The number of benzene rings is 2. The number of aryl methyl sites for hydroxylation is 1. The number of carbonyl (C=O) groups excluding carboxylic acids is 1. The Hall–Kier alpha value is -2.80. The molecular weight excluding hydrogens is 372 g/mol. The largest absolute Gasteiger partial charge is 0.457 e. The smallest absolute Gasteiger partial charge is 0.237 e. The minimum atomic E-state index is -0.277. The summed E-state index contributed by atoms with van der Waals surface area (Å²) in [7, 11) is 0. The van der Waals surface area contributed by atoms with Crippen molar-refractivity contribution >= 4 is 23.4 Å². The maximum Gasteiger partial charge on any atom is 0.237 e. The molecule has 0 saturated heterocycles. The molecule has 1 aromatic heterocycles. The van der Waals surface area contributed by atoms with Crippen LogP contribution in [0.3, 0.4) is 0 Å². The van der Waals surface area contributed by atoms with Gasteiger partial charge in [0.2, 0.25) is 5.91 Å². The molecular formula is C21H22N4O2S. The van der Waals surface area contributed by atoms with Crippen molar-refractivity contribution in [1.29, 1.82) is 0 Å². The molecule has 28 heavy (non-hydrogen) atoms. The molecule has 1 N–H and O–H groups in total. The summed E-state index contributed by atoms with van der Waals surface area (Å²) in [5.41, 5.74) is 0.734. The van der Waals surface area contributed by atoms with Gasteiger partial charge in [-0.1, -0.05) is 30.0 Å². The highest BCUT2D eigenvalue weighted by atomic mass is 32.2. The van der Waals surface area contributed by atoms with Gasteiger partial charge in [0, 0.05) is 11.7 Å². The van der Waals surface area contributed by atoms with Crippen molar-refractivity contribution in [3.63, 3.8) is 0 Å². The van der Waals surface area contributed by atoms with Gasteiger partial charge in [0.1, 0.15) is 17.3 Å². The molecule has 1 amide bonds. The summed E-state index contributed by atoms with van der Waals surface area (Å²) in [6.45, 7) is 3.84. The second kappa shape index (κ2) is 8.06. The number of anilines is 1. The first-order chi connectivity index (χ1) is 13.6. The summed E-state index contributed by atoms with van der Waals surface area (Å²) in [5, 5.41) is 11.9. The zero-order valence-electron chi connectivity index (χ0n) is 15.8. The van der Waals surface area contributed by atoms with Gasteiger partial charge in [0.05, 0.1) is 5.25 Å². The third kappa shape index (κ3) is 4.36. The van der Waals surface area contributed by atoms with E-state index in [9.17, 15) is 4.79 Å². The maximum absolute atomic E-state index is 12.6. The summed E-state index contributed by atoms with van der Waals surface area (Å²) >= 11 is 1.44. The van der Waals surface area contributed by atoms with Crippen LogP contribution in [0.5, 0.6) is 11.5 Å². The standard InChI is InChI=1S/C21H22N4O2S/c1-14(28-21-24-23-15(2)25(21)17-10-11-17)20(26)22-16-8-12-19(13-9-16)27-18-6-4-3-5-7-18/h3-9,12-14,17H,10-11H2,1-2H3,(H,22,26)/t14-/m0/s1. The van der Waals surface area contributed by atoms with Crippen LogP contribution in [0.4, 0.5) is 5.69 Å². The number of nitrogens with one attached hydrogen (secondary N) is 1. The summed E-state index contributed by atoms with van der Waals surface area (Å²) in [6, 6.07) is 17.4. The first-order valence-corrected chi connectivity index (χ1v) is 10.2. The van der Waals surface area contributed by atoms with E-state index < -0.39 is 0 Å². The minimum Gasteiger partial charge on any atom is -0.457 e. The molecule has 2 aromatic carbocycles. The Morgan fingerprint density at radius 1 is 1.11 bits per heavy atom. The van der Waals surface area contributed by atoms with E-state index >= 15 is 0 Å². The van der Waals surface area contributed by atoms with Crippen molar-refractivity contribution in [2.75, 3.05) is 5.32 Å². The van der Waals surface area contributed by atoms with Gasteiger partial charge in [0.25, 0.3) is 0 Å². The molecule has 1 fully saturated rings. The fourth-order valence-electron chi connectivity index (χ4n) is 2.87. The molecule has 7 heteroatoms. The Kier molecular flexibility index (Phi) is 5.34. The molecule has 0 bridgehead atoms. The van der Waals surface area contributed by atoms with Gasteiger partial charge in [-0.15, -0.1) is 10.2 Å². The van der Waals surface area contributed by atoms with E-state index in [0.717, 1.165) is 41.0 Å². The molecule has 1 heterocycles. The first-order valence-electron chi connectivity index (χ1n) is 9.32. The first kappa shape index (κ1) is 18.6. The van der Waals surface area contributed by atoms with E-state index in [-0.39, 0.29) is 11.2 Å². The van der Waals surface area contributed by atoms with E-state index in [0.29, 0.717) is 6.04 Å². The van der Waals surface area contributed by atoms with Gasteiger partial charge in [-0.3, -0.25) is 4.79 Å². The maximum atomic E-state index is 12.6. The van der Waals surface area contributed by atoms with Crippen LogP contribution in [-0.2, 0) is 4.79 Å². The summed E-state index contributed by atoms with van der Waals surface area (Å²) in [6.07, 6.45) is 2.31. The number of thioether (sulfide) groups is 1. The second-order valence-corrected chi connectivity index (χ2v) is 8.13. The van der Waals surface area contributed by atoms with Crippen LogP contribution in [-0.4, -0.2) is 25.9 Å². The van der Waals surface area contributed by atoms with Crippen LogP contribution >= 0.6 is 11.8 Å². The molecule has 1 aliphatic carbocycles. The highest BCUT2D eigenvalue weighted by Gasteiger charge is 2.29. The molecule has 1 aliphatic rings. The molecule has 1 atom stereocenters. The summed E-state index contributed by atoms with van der Waals surface area (Å²) in [4.78, 5) is 12.6. The SMILES string of the molecule is Cc1nnc(S[C@@H](C)C(=O)Nc2ccc(Oc3ccccc3)cc2)n1C1CC1. The average molecular weight is 395 g/mol. The van der Waals surface area contributed by atoms with Crippen LogP contribution in [0.25, 0.3) is 0 Å². The molecule has 0 spiro atoms. The van der Waals surface area contributed by atoms with Gasteiger partial charge in [0.15, 0.2) is 5.16 Å². The molecule has 144 valence electrons. The molecule has 0 unspecified atom stereocenters. The predicted molar refractivity (Wildman–Crippen MR) is 110 cm³/mol. The van der Waals surface area contributed by atoms with E-state index in [2.05, 4.69) is 20.1 Å². The van der Waals surface area contributed by atoms with Crippen molar-refractivity contribution in [3.05, 3.63) is 60.4 Å². The number of amides is 1. The third-order valence-corrected chi connectivity index (χ3v) is 5.56. The van der Waals surface area contributed by atoms with Gasteiger partial charge in [-0.05, 0) is 63.1 Å². The number of nitrogens with zero attached hydrogens (tertiary/aromatic N) is 3. The van der Waals surface area contributed by atoms with Gasteiger partial charge < -0.3 is 14.6 Å². The fourth-order valence-corrected chi connectivity index (χ4v) is 3.83. The Bertz CT molecular complexity index is 952. The lowest BCUT2D eigenvalue weighted by atomic mass is 10.3. The molecule has 6 nitrogen and oxygen atoms in total.